The van der Waals surface area contributed by atoms with Crippen molar-refractivity contribution in [2.45, 2.75) is 6.92 Å². The third kappa shape index (κ3) is 3.94. The molecule has 3 heterocycles. The number of hydrogen-bond acceptors (Lipinski definition) is 6. The number of nitrogens with one attached hydrogen (secondary N) is 2. The zero-order valence-corrected chi connectivity index (χ0v) is 14.0. The van der Waals surface area contributed by atoms with Crippen molar-refractivity contribution in [1.29, 1.82) is 0 Å². The van der Waals surface area contributed by atoms with Gasteiger partial charge in [0.1, 0.15) is 0 Å². The van der Waals surface area contributed by atoms with E-state index in [2.05, 4.69) is 25.6 Å². The number of aryl methyl sites for hydroxylation is 1. The summed E-state index contributed by atoms with van der Waals surface area (Å²) in [7, 11) is 0. The maximum Gasteiger partial charge on any atom is 0.253 e. The van der Waals surface area contributed by atoms with Crippen LogP contribution in [0, 0.1) is 6.92 Å². The van der Waals surface area contributed by atoms with Crippen molar-refractivity contribution in [3.63, 3.8) is 0 Å². The van der Waals surface area contributed by atoms with Crippen LogP contribution in [-0.2, 0) is 0 Å². The highest BCUT2D eigenvalue weighted by atomic mass is 32.1. The average Bonchev–Trinajstić information content (AvgIpc) is 3.14. The number of hydrogen-bond donors (Lipinski definition) is 2. The molecular weight excluding hydrogens is 322 g/mol. The number of carbonyl (C=O) groups excluding carboxylic acids is 1. The fourth-order valence-electron chi connectivity index (χ4n) is 2.21. The Morgan fingerprint density at radius 1 is 1.17 bits per heavy atom. The molecule has 0 aromatic carbocycles. The molecule has 0 aliphatic heterocycles. The zero-order valence-electron chi connectivity index (χ0n) is 13.2. The van der Waals surface area contributed by atoms with Gasteiger partial charge in [-0.1, -0.05) is 0 Å². The smallest absolute Gasteiger partial charge is 0.253 e. The molecule has 6 nitrogen and oxygen atoms in total. The van der Waals surface area contributed by atoms with Gasteiger partial charge in [-0.3, -0.25) is 9.78 Å². The van der Waals surface area contributed by atoms with Crippen molar-refractivity contribution in [2.24, 2.45) is 0 Å². The van der Waals surface area contributed by atoms with Crippen molar-refractivity contribution in [3.05, 3.63) is 58.7 Å². The number of nitrogens with zero attached hydrogens (tertiary/aromatic N) is 3. The van der Waals surface area contributed by atoms with E-state index < -0.39 is 0 Å². The van der Waals surface area contributed by atoms with Crippen LogP contribution >= 0.6 is 11.3 Å². The summed E-state index contributed by atoms with van der Waals surface area (Å²) in [6.07, 6.45) is 3.33. The van der Waals surface area contributed by atoms with E-state index in [0.29, 0.717) is 24.6 Å². The standard InChI is InChI=1S/C17H17N5OS/c1-12-14(3-4-15(22-12)13-5-10-24-11-13)16(23)18-8-9-21-17-19-6-2-7-20-17/h2-7,10-11H,8-9H2,1H3,(H,18,23)(H,19,20,21). The first-order valence-electron chi connectivity index (χ1n) is 7.53. The lowest BCUT2D eigenvalue weighted by Gasteiger charge is -2.09. The van der Waals surface area contributed by atoms with Crippen molar-refractivity contribution in [1.82, 2.24) is 20.3 Å². The molecule has 0 fully saturated rings. The molecular formula is C17H17N5OS. The molecule has 0 saturated heterocycles. The summed E-state index contributed by atoms with van der Waals surface area (Å²) in [6, 6.07) is 7.46. The quantitative estimate of drug-likeness (QED) is 0.675. The summed E-state index contributed by atoms with van der Waals surface area (Å²) >= 11 is 1.63. The maximum absolute atomic E-state index is 12.3. The highest BCUT2D eigenvalue weighted by molar-refractivity contribution is 7.08. The Morgan fingerprint density at radius 2 is 2.00 bits per heavy atom. The van der Waals surface area contributed by atoms with Crippen molar-refractivity contribution in [3.8, 4) is 11.3 Å². The number of rotatable bonds is 6. The summed E-state index contributed by atoms with van der Waals surface area (Å²) in [6.45, 7) is 2.87. The molecule has 0 radical (unpaired) electrons. The number of aromatic nitrogens is 3. The summed E-state index contributed by atoms with van der Waals surface area (Å²) in [4.78, 5) is 24.9. The van der Waals surface area contributed by atoms with E-state index in [4.69, 9.17) is 0 Å². The second-order valence-corrected chi connectivity index (χ2v) is 5.88. The number of carbonyl (C=O) groups is 1. The lowest BCUT2D eigenvalue weighted by molar-refractivity contribution is 0.0954. The largest absolute Gasteiger partial charge is 0.352 e. The number of anilines is 1. The normalized spacial score (nSPS) is 10.4. The topological polar surface area (TPSA) is 79.8 Å². The Balaban J connectivity index is 1.55. The van der Waals surface area contributed by atoms with Crippen LogP contribution in [0.3, 0.4) is 0 Å². The highest BCUT2D eigenvalue weighted by Gasteiger charge is 2.11. The first-order chi connectivity index (χ1) is 11.7. The van der Waals surface area contributed by atoms with Crippen molar-refractivity contribution in [2.75, 3.05) is 18.4 Å². The van der Waals surface area contributed by atoms with Crippen LogP contribution in [0.25, 0.3) is 11.3 Å². The molecule has 0 saturated carbocycles. The predicted molar refractivity (Wildman–Crippen MR) is 95.1 cm³/mol. The second kappa shape index (κ2) is 7.65. The molecule has 0 aliphatic rings. The molecule has 0 aliphatic carbocycles. The minimum absolute atomic E-state index is 0.132. The number of amides is 1. The predicted octanol–water partition coefficient (Wildman–Crippen LogP) is 2.75. The minimum atomic E-state index is -0.132. The van der Waals surface area contributed by atoms with Crippen LogP contribution in [-0.4, -0.2) is 33.9 Å². The van der Waals surface area contributed by atoms with E-state index in [9.17, 15) is 4.79 Å². The Bertz CT molecular complexity index is 805. The van der Waals surface area contributed by atoms with Gasteiger partial charge in [-0.25, -0.2) is 9.97 Å². The van der Waals surface area contributed by atoms with E-state index >= 15 is 0 Å². The summed E-state index contributed by atoms with van der Waals surface area (Å²) in [5, 5.41) is 9.96. The Hall–Kier alpha value is -2.80. The number of pyridine rings is 1. The van der Waals surface area contributed by atoms with Gasteiger partial charge in [0.25, 0.3) is 5.91 Å². The first kappa shape index (κ1) is 16.1. The van der Waals surface area contributed by atoms with Crippen molar-refractivity contribution >= 4 is 23.2 Å². The van der Waals surface area contributed by atoms with Crippen LogP contribution in [0.1, 0.15) is 16.1 Å². The monoisotopic (exact) mass is 339 g/mol. The van der Waals surface area contributed by atoms with E-state index in [0.717, 1.165) is 17.0 Å². The lowest BCUT2D eigenvalue weighted by atomic mass is 10.1. The van der Waals surface area contributed by atoms with Crippen LogP contribution < -0.4 is 10.6 Å². The average molecular weight is 339 g/mol. The summed E-state index contributed by atoms with van der Waals surface area (Å²) in [5.41, 5.74) is 3.26. The SMILES string of the molecule is Cc1nc(-c2ccsc2)ccc1C(=O)NCCNc1ncccn1. The van der Waals surface area contributed by atoms with Gasteiger partial charge in [-0.05, 0) is 36.6 Å². The summed E-state index contributed by atoms with van der Waals surface area (Å²) in [5.74, 6) is 0.414. The van der Waals surface area contributed by atoms with Gasteiger partial charge in [0, 0.05) is 36.4 Å². The van der Waals surface area contributed by atoms with Crippen molar-refractivity contribution < 1.29 is 4.79 Å². The van der Waals surface area contributed by atoms with E-state index in [-0.39, 0.29) is 5.91 Å². The molecule has 3 aromatic rings. The molecule has 0 spiro atoms. The summed E-state index contributed by atoms with van der Waals surface area (Å²) < 4.78 is 0. The molecule has 1 amide bonds. The molecule has 0 unspecified atom stereocenters. The third-order valence-electron chi connectivity index (χ3n) is 3.41. The van der Waals surface area contributed by atoms with Gasteiger partial charge in [-0.2, -0.15) is 11.3 Å². The van der Waals surface area contributed by atoms with Gasteiger partial charge in [0.2, 0.25) is 5.95 Å². The Kier molecular flexibility index (Phi) is 5.12. The van der Waals surface area contributed by atoms with E-state index in [1.54, 1.807) is 29.8 Å². The van der Waals surface area contributed by atoms with Crippen LogP contribution in [0.2, 0.25) is 0 Å². The van der Waals surface area contributed by atoms with Gasteiger partial charge >= 0.3 is 0 Å². The second-order valence-electron chi connectivity index (χ2n) is 5.10. The zero-order chi connectivity index (χ0) is 16.8. The van der Waals surface area contributed by atoms with Crippen LogP contribution in [0.4, 0.5) is 5.95 Å². The third-order valence-corrected chi connectivity index (χ3v) is 4.09. The Morgan fingerprint density at radius 3 is 2.71 bits per heavy atom. The number of thiophene rings is 1. The van der Waals surface area contributed by atoms with E-state index in [1.807, 2.05) is 35.9 Å². The Labute approximate surface area is 144 Å². The highest BCUT2D eigenvalue weighted by Crippen LogP contribution is 2.21. The van der Waals surface area contributed by atoms with Gasteiger partial charge in [-0.15, -0.1) is 0 Å². The molecule has 7 heteroatoms. The molecule has 0 bridgehead atoms. The molecule has 24 heavy (non-hydrogen) atoms. The lowest BCUT2D eigenvalue weighted by Crippen LogP contribution is -2.29. The van der Waals surface area contributed by atoms with Crippen LogP contribution in [0.5, 0.6) is 0 Å². The molecule has 122 valence electrons. The van der Waals surface area contributed by atoms with E-state index in [1.165, 1.54) is 0 Å². The van der Waals surface area contributed by atoms with Gasteiger partial charge in [0.05, 0.1) is 17.0 Å². The van der Waals surface area contributed by atoms with Crippen LogP contribution in [0.15, 0.2) is 47.4 Å². The molecule has 0 atom stereocenters. The molecule has 3 rings (SSSR count). The maximum atomic E-state index is 12.3. The van der Waals surface area contributed by atoms with Gasteiger partial charge in [0.15, 0.2) is 0 Å². The fourth-order valence-corrected chi connectivity index (χ4v) is 2.86. The fraction of sp³-hybridized carbons (Fsp3) is 0.176. The molecule has 3 aromatic heterocycles. The molecule has 2 N–H and O–H groups in total. The van der Waals surface area contributed by atoms with Gasteiger partial charge < -0.3 is 10.6 Å². The minimum Gasteiger partial charge on any atom is -0.352 e. The first-order valence-corrected chi connectivity index (χ1v) is 8.47.